The number of hydrogen-bond acceptors (Lipinski definition) is 3. The molecule has 2 heterocycles. The van der Waals surface area contributed by atoms with Crippen LogP contribution in [0.5, 0.6) is 0 Å². The minimum atomic E-state index is -0.174. The third kappa shape index (κ3) is 2.57. The fraction of sp³-hybridized carbons (Fsp3) is 1.00. The Hall–Kier alpha value is -0.120. The van der Waals surface area contributed by atoms with E-state index in [-0.39, 0.29) is 16.7 Å². The van der Waals surface area contributed by atoms with Gasteiger partial charge in [0.25, 0.3) is 0 Å². The molecule has 2 aliphatic rings. The van der Waals surface area contributed by atoms with Crippen molar-refractivity contribution < 1.29 is 4.74 Å². The van der Waals surface area contributed by atoms with Crippen molar-refractivity contribution in [3.05, 3.63) is 0 Å². The Kier molecular flexibility index (Phi) is 3.57. The third-order valence-electron chi connectivity index (χ3n) is 5.43. The number of nitrogens with two attached hydrogens (primary N) is 1. The van der Waals surface area contributed by atoms with Crippen LogP contribution in [0.1, 0.15) is 60.8 Å². The van der Waals surface area contributed by atoms with E-state index >= 15 is 0 Å². The Morgan fingerprint density at radius 2 is 1.53 bits per heavy atom. The van der Waals surface area contributed by atoms with Gasteiger partial charge in [-0.15, -0.1) is 0 Å². The fourth-order valence-corrected chi connectivity index (χ4v) is 4.22. The summed E-state index contributed by atoms with van der Waals surface area (Å²) in [5.74, 6) is 0. The van der Waals surface area contributed by atoms with E-state index in [1.165, 1.54) is 12.8 Å². The van der Waals surface area contributed by atoms with Gasteiger partial charge in [0, 0.05) is 6.54 Å². The quantitative estimate of drug-likeness (QED) is 0.837. The molecule has 2 fully saturated rings. The minimum absolute atomic E-state index is 0.00694. The van der Waals surface area contributed by atoms with Crippen molar-refractivity contribution in [1.29, 1.82) is 0 Å². The summed E-state index contributed by atoms with van der Waals surface area (Å²) >= 11 is 0. The van der Waals surface area contributed by atoms with Crippen molar-refractivity contribution in [2.24, 2.45) is 11.1 Å². The first kappa shape index (κ1) is 15.3. The van der Waals surface area contributed by atoms with Crippen molar-refractivity contribution in [2.45, 2.75) is 77.5 Å². The fourth-order valence-electron chi connectivity index (χ4n) is 4.22. The first-order valence-electron chi connectivity index (χ1n) is 7.69. The number of rotatable bonds is 2. The minimum Gasteiger partial charge on any atom is -0.368 e. The standard InChI is InChI=1S/C16H32N2O/c1-13(2)7-9-18(10-8-13)16(12-17)11-14(3,4)19-15(16,5)6/h7-12,17H2,1-6H3. The zero-order valence-corrected chi connectivity index (χ0v) is 13.7. The number of likely N-dealkylation sites (tertiary alicyclic amines) is 1. The van der Waals surface area contributed by atoms with E-state index in [1.807, 2.05) is 0 Å². The predicted molar refractivity (Wildman–Crippen MR) is 80.2 cm³/mol. The van der Waals surface area contributed by atoms with Gasteiger partial charge in [0.15, 0.2) is 0 Å². The zero-order chi connectivity index (χ0) is 14.5. The molecule has 0 aromatic carbocycles. The van der Waals surface area contributed by atoms with E-state index in [9.17, 15) is 0 Å². The molecule has 0 radical (unpaired) electrons. The highest BCUT2D eigenvalue weighted by atomic mass is 16.5. The molecule has 2 N–H and O–H groups in total. The molecule has 1 unspecified atom stereocenters. The smallest absolute Gasteiger partial charge is 0.0830 e. The van der Waals surface area contributed by atoms with Crippen LogP contribution in [0.2, 0.25) is 0 Å². The number of ether oxygens (including phenoxy) is 1. The molecule has 0 aromatic heterocycles. The van der Waals surface area contributed by atoms with Gasteiger partial charge < -0.3 is 10.5 Å². The van der Waals surface area contributed by atoms with Crippen molar-refractivity contribution in [2.75, 3.05) is 19.6 Å². The first-order valence-corrected chi connectivity index (χ1v) is 7.69. The maximum absolute atomic E-state index is 6.33. The second-order valence-electron chi connectivity index (χ2n) is 8.44. The third-order valence-corrected chi connectivity index (χ3v) is 5.43. The molecule has 0 aromatic rings. The molecule has 0 bridgehead atoms. The highest BCUT2D eigenvalue weighted by molar-refractivity contribution is 5.13. The van der Waals surface area contributed by atoms with Crippen molar-refractivity contribution >= 4 is 0 Å². The Labute approximate surface area is 118 Å². The molecule has 3 nitrogen and oxygen atoms in total. The van der Waals surface area contributed by atoms with E-state index < -0.39 is 0 Å². The van der Waals surface area contributed by atoms with Crippen LogP contribution in [0.3, 0.4) is 0 Å². The molecule has 3 heteroatoms. The summed E-state index contributed by atoms with van der Waals surface area (Å²) in [5.41, 5.74) is 6.47. The normalized spacial score (nSPS) is 37.4. The van der Waals surface area contributed by atoms with Crippen LogP contribution in [-0.4, -0.2) is 41.3 Å². The van der Waals surface area contributed by atoms with E-state index in [4.69, 9.17) is 10.5 Å². The second-order valence-corrected chi connectivity index (χ2v) is 8.44. The monoisotopic (exact) mass is 268 g/mol. The lowest BCUT2D eigenvalue weighted by Crippen LogP contribution is -2.65. The van der Waals surface area contributed by atoms with Crippen LogP contribution < -0.4 is 5.73 Å². The van der Waals surface area contributed by atoms with E-state index in [0.29, 0.717) is 12.0 Å². The van der Waals surface area contributed by atoms with Gasteiger partial charge in [-0.2, -0.15) is 0 Å². The topological polar surface area (TPSA) is 38.5 Å². The molecule has 112 valence electrons. The van der Waals surface area contributed by atoms with Crippen LogP contribution in [0.25, 0.3) is 0 Å². The molecule has 19 heavy (non-hydrogen) atoms. The van der Waals surface area contributed by atoms with Crippen LogP contribution in [-0.2, 0) is 4.74 Å². The average Bonchev–Trinajstić information content (AvgIpc) is 2.43. The van der Waals surface area contributed by atoms with Gasteiger partial charge in [-0.05, 0) is 65.5 Å². The molecule has 2 aliphatic heterocycles. The maximum Gasteiger partial charge on any atom is 0.0830 e. The molecule has 0 saturated carbocycles. The Bertz CT molecular complexity index is 339. The summed E-state index contributed by atoms with van der Waals surface area (Å²) in [7, 11) is 0. The molecular weight excluding hydrogens is 236 g/mol. The summed E-state index contributed by atoms with van der Waals surface area (Å²) in [6, 6.07) is 0. The van der Waals surface area contributed by atoms with Crippen LogP contribution >= 0.6 is 0 Å². The highest BCUT2D eigenvalue weighted by Gasteiger charge is 2.59. The van der Waals surface area contributed by atoms with Gasteiger partial charge in [0.2, 0.25) is 0 Å². The Morgan fingerprint density at radius 1 is 1.00 bits per heavy atom. The summed E-state index contributed by atoms with van der Waals surface area (Å²) in [6.45, 7) is 16.5. The summed E-state index contributed by atoms with van der Waals surface area (Å²) in [6.07, 6.45) is 3.54. The zero-order valence-electron chi connectivity index (χ0n) is 13.7. The SMILES string of the molecule is CC1(C)CCN(C2(CN)CC(C)(C)OC2(C)C)CC1. The van der Waals surface area contributed by atoms with Gasteiger partial charge >= 0.3 is 0 Å². The van der Waals surface area contributed by atoms with Crippen LogP contribution in [0.15, 0.2) is 0 Å². The van der Waals surface area contributed by atoms with Gasteiger partial charge in [0.05, 0.1) is 16.7 Å². The lowest BCUT2D eigenvalue weighted by atomic mass is 9.74. The van der Waals surface area contributed by atoms with Crippen molar-refractivity contribution in [3.8, 4) is 0 Å². The largest absolute Gasteiger partial charge is 0.368 e. The average molecular weight is 268 g/mol. The van der Waals surface area contributed by atoms with Crippen molar-refractivity contribution in [1.82, 2.24) is 4.90 Å². The molecule has 0 amide bonds. The van der Waals surface area contributed by atoms with Gasteiger partial charge in [-0.25, -0.2) is 0 Å². The summed E-state index contributed by atoms with van der Waals surface area (Å²) in [5, 5.41) is 0. The highest BCUT2D eigenvalue weighted by Crippen LogP contribution is 2.49. The van der Waals surface area contributed by atoms with Crippen LogP contribution in [0.4, 0.5) is 0 Å². The molecule has 0 spiro atoms. The van der Waals surface area contributed by atoms with E-state index in [1.54, 1.807) is 0 Å². The Morgan fingerprint density at radius 3 is 1.89 bits per heavy atom. The number of piperidine rings is 1. The van der Waals surface area contributed by atoms with E-state index in [2.05, 4.69) is 46.4 Å². The summed E-state index contributed by atoms with van der Waals surface area (Å²) in [4.78, 5) is 2.62. The van der Waals surface area contributed by atoms with E-state index in [0.717, 1.165) is 19.5 Å². The number of nitrogens with zero attached hydrogens (tertiary/aromatic N) is 1. The van der Waals surface area contributed by atoms with Gasteiger partial charge in [-0.3, -0.25) is 4.90 Å². The van der Waals surface area contributed by atoms with Crippen LogP contribution in [0, 0.1) is 5.41 Å². The molecule has 0 aliphatic carbocycles. The number of hydrogen-bond donors (Lipinski definition) is 1. The maximum atomic E-state index is 6.33. The molecular formula is C16H32N2O. The van der Waals surface area contributed by atoms with Gasteiger partial charge in [-0.1, -0.05) is 13.8 Å². The predicted octanol–water partition coefficient (Wildman–Crippen LogP) is 2.78. The van der Waals surface area contributed by atoms with Gasteiger partial charge in [0.1, 0.15) is 0 Å². The van der Waals surface area contributed by atoms with Crippen molar-refractivity contribution in [3.63, 3.8) is 0 Å². The first-order chi connectivity index (χ1) is 8.54. The molecule has 2 rings (SSSR count). The lowest BCUT2D eigenvalue weighted by molar-refractivity contribution is -0.110. The molecule has 2 saturated heterocycles. The molecule has 1 atom stereocenters. The lowest BCUT2D eigenvalue weighted by Gasteiger charge is -2.51. The summed E-state index contributed by atoms with van der Waals surface area (Å²) < 4.78 is 6.33. The Balaban J connectivity index is 2.24. The second kappa shape index (κ2) is 4.44.